The van der Waals surface area contributed by atoms with Crippen molar-refractivity contribution < 1.29 is 38.4 Å². The number of likely N-dealkylation sites (tertiary alicyclic amines) is 1. The zero-order valence-electron chi connectivity index (χ0n) is 36.5. The standard InChI is InChI=1S/C23H20N8O3.C14H15N7O2.C7H4ClNO4/c1-2-16-5-3-6-17(13-16)25-21(33)29-11-9-23(10-12-29)20(32)31(22(34)26-23)19-8-4-7-18(14-19)30-15-24-27-28-30;22-12-14(4-6-15-7-5-14)17-13(23)21(12)11-3-1-2-10(8-11)20-9-16-18-19-20;8-7(10)13-6-3-1-5(2-4-6)9(11)12/h1,3-8,13-15H,9-12H2,(H,25,33)(H,26,34);1-3,8-9,15H,4-7H2,(H,17,23);1-4H. The lowest BCUT2D eigenvalue weighted by molar-refractivity contribution is -0.384. The van der Waals surface area contributed by atoms with Crippen molar-refractivity contribution >= 4 is 69.7 Å². The van der Waals surface area contributed by atoms with E-state index >= 15 is 0 Å². The summed E-state index contributed by atoms with van der Waals surface area (Å²) in [4.78, 5) is 88.0. The molecular formula is C44H39ClN16O9. The fraction of sp³-hybridized carbons (Fsp3) is 0.227. The minimum Gasteiger partial charge on any atom is -0.414 e. The number of halogens is 1. The number of benzene rings is 4. The molecule has 4 aliphatic heterocycles. The zero-order chi connectivity index (χ0) is 49.4. The number of ether oxygens (including phenoxy) is 1. The fourth-order valence-corrected chi connectivity index (χ4v) is 8.15. The van der Waals surface area contributed by atoms with Gasteiger partial charge >= 0.3 is 23.5 Å². The number of urea groups is 3. The second kappa shape index (κ2) is 20.4. The molecule has 2 spiro atoms. The van der Waals surface area contributed by atoms with Crippen LogP contribution in [0, 0.1) is 22.5 Å². The van der Waals surface area contributed by atoms with Crippen LogP contribution in [0.25, 0.3) is 11.4 Å². The number of carbonyl (C=O) groups is 6. The number of tetrazole rings is 2. The van der Waals surface area contributed by atoms with E-state index in [-0.39, 0.29) is 35.3 Å². The van der Waals surface area contributed by atoms with Crippen molar-refractivity contribution in [3.05, 3.63) is 125 Å². The number of hydrogen-bond donors (Lipinski definition) is 4. The van der Waals surface area contributed by atoms with Crippen LogP contribution in [0.3, 0.4) is 0 Å². The van der Waals surface area contributed by atoms with E-state index in [4.69, 9.17) is 18.0 Å². The Morgan fingerprint density at radius 2 is 1.24 bits per heavy atom. The molecule has 8 amide bonds. The summed E-state index contributed by atoms with van der Waals surface area (Å²) >= 11 is 4.92. The van der Waals surface area contributed by atoms with Gasteiger partial charge in [-0.25, -0.2) is 38.3 Å². The summed E-state index contributed by atoms with van der Waals surface area (Å²) < 4.78 is 7.37. The molecule has 70 heavy (non-hydrogen) atoms. The Bertz CT molecular complexity index is 2990. The summed E-state index contributed by atoms with van der Waals surface area (Å²) in [7, 11) is 0. The van der Waals surface area contributed by atoms with E-state index in [1.54, 1.807) is 77.7 Å². The van der Waals surface area contributed by atoms with E-state index in [1.165, 1.54) is 51.2 Å². The first-order valence-electron chi connectivity index (χ1n) is 21.2. The molecule has 4 N–H and O–H groups in total. The first-order valence-corrected chi connectivity index (χ1v) is 21.6. The maximum absolute atomic E-state index is 13.4. The SMILES string of the molecule is C#Cc1cccc(NC(=O)N2CCC3(CC2)NC(=O)N(c2cccc(-n4cnnn4)c2)C3=O)c1.O=C(Cl)Oc1ccc([N+](=O)[O-])cc1.O=C1NC2(CCNCC2)C(=O)N1c1cccc(-n2cnnn2)c1. The second-order valence-corrected chi connectivity index (χ2v) is 16.1. The van der Waals surface area contributed by atoms with E-state index in [1.807, 2.05) is 0 Å². The Morgan fingerprint density at radius 1 is 0.729 bits per heavy atom. The monoisotopic (exact) mass is 970 g/mol. The molecule has 0 radical (unpaired) electrons. The summed E-state index contributed by atoms with van der Waals surface area (Å²) in [6, 6.07) is 24.7. The number of piperidine rings is 2. The Hall–Kier alpha value is -9.15. The van der Waals surface area contributed by atoms with Gasteiger partial charge in [0.1, 0.15) is 29.5 Å². The van der Waals surface area contributed by atoms with Crippen LogP contribution in [0.15, 0.2) is 110 Å². The van der Waals surface area contributed by atoms with Gasteiger partial charge in [0.15, 0.2) is 0 Å². The number of nitrogens with zero attached hydrogens (tertiary/aromatic N) is 12. The molecule has 2 aromatic heterocycles. The molecule has 4 aromatic carbocycles. The summed E-state index contributed by atoms with van der Waals surface area (Å²) in [5, 5.41) is 44.0. The first-order chi connectivity index (χ1) is 33.8. The topological polar surface area (TPSA) is 300 Å². The highest BCUT2D eigenvalue weighted by atomic mass is 35.5. The van der Waals surface area contributed by atoms with Crippen molar-refractivity contribution in [2.75, 3.05) is 41.3 Å². The number of rotatable bonds is 7. The van der Waals surface area contributed by atoms with Crippen molar-refractivity contribution in [3.8, 4) is 29.5 Å². The van der Waals surface area contributed by atoms with Gasteiger partial charge in [-0.1, -0.05) is 24.1 Å². The Labute approximate surface area is 401 Å². The summed E-state index contributed by atoms with van der Waals surface area (Å²) in [5.74, 6) is 2.17. The third-order valence-corrected chi connectivity index (χ3v) is 11.7. The number of amides is 8. The minimum absolute atomic E-state index is 0.0747. The third kappa shape index (κ3) is 10.2. The molecule has 4 fully saturated rings. The van der Waals surface area contributed by atoms with Crippen LogP contribution in [0.1, 0.15) is 31.2 Å². The van der Waals surface area contributed by atoms with Crippen molar-refractivity contribution in [1.82, 2.24) is 61.3 Å². The predicted molar refractivity (Wildman–Crippen MR) is 247 cm³/mol. The molecule has 0 unspecified atom stereocenters. The van der Waals surface area contributed by atoms with Gasteiger partial charge in [0, 0.05) is 48.1 Å². The van der Waals surface area contributed by atoms with Crippen molar-refractivity contribution in [3.63, 3.8) is 0 Å². The van der Waals surface area contributed by atoms with Gasteiger partial charge < -0.3 is 30.9 Å². The molecule has 0 aliphatic carbocycles. The summed E-state index contributed by atoms with van der Waals surface area (Å²) in [6.07, 6.45) is 10.1. The van der Waals surface area contributed by atoms with E-state index in [0.29, 0.717) is 85.9 Å². The molecular weight excluding hydrogens is 932 g/mol. The molecule has 25 nitrogen and oxygen atoms in total. The number of anilines is 3. The van der Waals surface area contributed by atoms with E-state index in [2.05, 4.69) is 63.0 Å². The van der Waals surface area contributed by atoms with Crippen molar-refractivity contribution in [2.24, 2.45) is 0 Å². The highest BCUT2D eigenvalue weighted by Gasteiger charge is 2.54. The van der Waals surface area contributed by atoms with Crippen LogP contribution in [-0.4, -0.2) is 123 Å². The van der Waals surface area contributed by atoms with Gasteiger partial charge in [0.25, 0.3) is 17.5 Å². The Balaban J connectivity index is 0.000000157. The van der Waals surface area contributed by atoms with Gasteiger partial charge in [-0.3, -0.25) is 19.7 Å². The van der Waals surface area contributed by atoms with Crippen LogP contribution in [0.5, 0.6) is 5.75 Å². The Morgan fingerprint density at radius 3 is 1.73 bits per heavy atom. The van der Waals surface area contributed by atoms with E-state index in [0.717, 1.165) is 4.90 Å². The highest BCUT2D eigenvalue weighted by Crippen LogP contribution is 2.34. The Kier molecular flexibility index (Phi) is 13.8. The molecule has 356 valence electrons. The minimum atomic E-state index is -1.05. The van der Waals surface area contributed by atoms with Crippen LogP contribution in [0.4, 0.5) is 41.9 Å². The molecule has 0 atom stereocenters. The normalized spacial score (nSPS) is 16.5. The molecule has 26 heteroatoms. The average molecular weight is 971 g/mol. The van der Waals surface area contributed by atoms with Crippen molar-refractivity contribution in [1.29, 1.82) is 0 Å². The molecule has 0 bridgehead atoms. The molecule has 10 rings (SSSR count). The molecule has 4 aliphatic rings. The third-order valence-electron chi connectivity index (χ3n) is 11.6. The van der Waals surface area contributed by atoms with Gasteiger partial charge in [-0.05, 0) is 126 Å². The van der Waals surface area contributed by atoms with E-state index < -0.39 is 27.5 Å². The number of nitrogens with one attached hydrogen (secondary N) is 4. The predicted octanol–water partition coefficient (Wildman–Crippen LogP) is 3.94. The van der Waals surface area contributed by atoms with Crippen LogP contribution < -0.4 is 35.8 Å². The van der Waals surface area contributed by atoms with Gasteiger partial charge in [0.2, 0.25) is 0 Å². The quantitative estimate of drug-likeness (QED) is 0.0579. The lowest BCUT2D eigenvalue weighted by Crippen LogP contribution is -2.56. The lowest BCUT2D eigenvalue weighted by Gasteiger charge is -2.37. The number of hydrogen-bond acceptors (Lipinski definition) is 16. The first kappa shape index (κ1) is 47.3. The van der Waals surface area contributed by atoms with Crippen LogP contribution >= 0.6 is 11.6 Å². The number of terminal acetylenes is 1. The number of non-ortho nitro benzene ring substituents is 1. The summed E-state index contributed by atoms with van der Waals surface area (Å²) in [5.41, 5.74) is 0.595. The molecule has 0 saturated carbocycles. The lowest BCUT2D eigenvalue weighted by atomic mass is 9.87. The average Bonchev–Trinajstić information content (AvgIpc) is 4.19. The van der Waals surface area contributed by atoms with E-state index in [9.17, 15) is 38.9 Å². The highest BCUT2D eigenvalue weighted by molar-refractivity contribution is 6.61. The summed E-state index contributed by atoms with van der Waals surface area (Å²) in [6.45, 7) is 2.05. The van der Waals surface area contributed by atoms with Crippen molar-refractivity contribution in [2.45, 2.75) is 36.8 Å². The number of imide groups is 2. The number of carbonyl (C=O) groups excluding carboxylic acids is 6. The van der Waals surface area contributed by atoms with Gasteiger partial charge in [-0.2, -0.15) is 0 Å². The smallest absolute Gasteiger partial charge is 0.409 e. The molecule has 6 heterocycles. The van der Waals surface area contributed by atoms with Gasteiger partial charge in [0.05, 0.1) is 27.7 Å². The van der Waals surface area contributed by atoms with Crippen LogP contribution in [-0.2, 0) is 9.59 Å². The maximum atomic E-state index is 13.4. The molecule has 6 aromatic rings. The zero-order valence-corrected chi connectivity index (χ0v) is 37.3. The number of nitro groups is 1. The van der Waals surface area contributed by atoms with Gasteiger partial charge in [-0.15, -0.1) is 16.6 Å². The number of nitro benzene ring substituents is 1. The second-order valence-electron chi connectivity index (χ2n) is 15.8. The largest absolute Gasteiger partial charge is 0.414 e. The van der Waals surface area contributed by atoms with Crippen LogP contribution in [0.2, 0.25) is 0 Å². The number of aromatic nitrogens is 8. The molecule has 4 saturated heterocycles. The fourth-order valence-electron chi connectivity index (χ4n) is 8.06. The maximum Gasteiger partial charge on any atom is 0.409 e.